The quantitative estimate of drug-likeness (QED) is 0.729. The molecule has 1 saturated heterocycles. The molecule has 2 aliphatic carbocycles. The molecule has 2 aromatic heterocycles. The lowest BCUT2D eigenvalue weighted by atomic mass is 9.91. The number of carbonyl (C=O) groups excluding carboxylic acids is 1. The second kappa shape index (κ2) is 8.53. The summed E-state index contributed by atoms with van der Waals surface area (Å²) in [5, 5.41) is 3.93. The van der Waals surface area contributed by atoms with Gasteiger partial charge in [0.25, 0.3) is 0 Å². The Balaban J connectivity index is 1.30. The first-order chi connectivity index (χ1) is 14.3. The van der Waals surface area contributed by atoms with Crippen LogP contribution in [-0.2, 0) is 16.0 Å². The molecule has 5 rings (SSSR count). The van der Waals surface area contributed by atoms with Crippen LogP contribution in [0.3, 0.4) is 0 Å². The lowest BCUT2D eigenvalue weighted by molar-refractivity contribution is -0.109. The van der Waals surface area contributed by atoms with Gasteiger partial charge in [0.2, 0.25) is 12.3 Å². The number of hydrogen-bond acceptors (Lipinski definition) is 7. The molecule has 0 bridgehead atoms. The van der Waals surface area contributed by atoms with Crippen molar-refractivity contribution >= 4 is 28.0 Å². The number of nitrogens with one attached hydrogen (secondary N) is 1. The molecule has 0 spiro atoms. The minimum Gasteiger partial charge on any atom is -0.474 e. The van der Waals surface area contributed by atoms with E-state index >= 15 is 0 Å². The molecule has 156 valence electrons. The maximum Gasteiger partial charge on any atom is 0.225 e. The van der Waals surface area contributed by atoms with Crippen LogP contribution < -0.4 is 10.1 Å². The summed E-state index contributed by atoms with van der Waals surface area (Å²) in [7, 11) is 0. The summed E-state index contributed by atoms with van der Waals surface area (Å²) in [5.74, 6) is 1.06. The lowest BCUT2D eigenvalue weighted by Crippen LogP contribution is -2.46. The topological polar surface area (TPSA) is 76.6 Å². The molecular formula is C21H28N4O3S. The van der Waals surface area contributed by atoms with E-state index in [0.717, 1.165) is 74.5 Å². The van der Waals surface area contributed by atoms with E-state index in [0.29, 0.717) is 18.5 Å². The summed E-state index contributed by atoms with van der Waals surface area (Å²) in [5.41, 5.74) is 1.30. The van der Waals surface area contributed by atoms with Crippen LogP contribution in [0.1, 0.15) is 48.5 Å². The van der Waals surface area contributed by atoms with Gasteiger partial charge in [-0.2, -0.15) is 0 Å². The molecule has 2 aromatic rings. The van der Waals surface area contributed by atoms with Crippen molar-refractivity contribution in [2.75, 3.05) is 32.8 Å². The Hall–Kier alpha value is -1.77. The van der Waals surface area contributed by atoms with Crippen molar-refractivity contribution in [3.8, 4) is 5.88 Å². The third kappa shape index (κ3) is 3.85. The standard InChI is InChI=1S/C21H28N4O3S/c26-13-22-11-14-1-6-17-18(14)19-20(23-12-24-21(19)29-17)28-16-4-2-15(3-5-16)25-7-9-27-10-8-25/h12-16H,1-11H2,(H,22,26)/t14-,15-,16-/m1/s1. The highest BCUT2D eigenvalue weighted by Crippen LogP contribution is 2.46. The van der Waals surface area contributed by atoms with Gasteiger partial charge in [0.1, 0.15) is 17.3 Å². The molecule has 0 aromatic carbocycles. The molecule has 2 fully saturated rings. The Bertz CT molecular complexity index is 859. The molecule has 29 heavy (non-hydrogen) atoms. The van der Waals surface area contributed by atoms with E-state index in [1.54, 1.807) is 17.7 Å². The molecule has 1 N–H and O–H groups in total. The minimum absolute atomic E-state index is 0.217. The van der Waals surface area contributed by atoms with Crippen molar-refractivity contribution in [3.63, 3.8) is 0 Å². The number of thiophene rings is 1. The van der Waals surface area contributed by atoms with E-state index in [4.69, 9.17) is 9.47 Å². The zero-order valence-corrected chi connectivity index (χ0v) is 17.5. The van der Waals surface area contributed by atoms with Crippen LogP contribution >= 0.6 is 11.3 Å². The number of rotatable bonds is 6. The largest absolute Gasteiger partial charge is 0.474 e. The van der Waals surface area contributed by atoms with Gasteiger partial charge in [0, 0.05) is 36.5 Å². The molecule has 1 amide bonds. The Morgan fingerprint density at radius 2 is 2.03 bits per heavy atom. The fraction of sp³-hybridized carbons (Fsp3) is 0.667. The molecule has 0 radical (unpaired) electrons. The number of carbonyl (C=O) groups is 1. The molecule has 8 heteroatoms. The molecule has 1 saturated carbocycles. The lowest BCUT2D eigenvalue weighted by Gasteiger charge is -2.38. The van der Waals surface area contributed by atoms with Crippen molar-refractivity contribution in [1.29, 1.82) is 0 Å². The summed E-state index contributed by atoms with van der Waals surface area (Å²) < 4.78 is 12.0. The summed E-state index contributed by atoms with van der Waals surface area (Å²) in [6, 6.07) is 0.661. The molecule has 1 atom stereocenters. The van der Waals surface area contributed by atoms with Crippen molar-refractivity contribution in [2.45, 2.75) is 56.6 Å². The van der Waals surface area contributed by atoms with E-state index < -0.39 is 0 Å². The first-order valence-electron chi connectivity index (χ1n) is 10.7. The number of amides is 1. The van der Waals surface area contributed by atoms with Gasteiger partial charge in [-0.25, -0.2) is 9.97 Å². The van der Waals surface area contributed by atoms with Crippen molar-refractivity contribution < 1.29 is 14.3 Å². The van der Waals surface area contributed by atoms with Crippen LogP contribution in [0.4, 0.5) is 0 Å². The average molecular weight is 417 g/mol. The van der Waals surface area contributed by atoms with Gasteiger partial charge in [-0.3, -0.25) is 9.69 Å². The maximum atomic E-state index is 10.8. The number of aromatic nitrogens is 2. The van der Waals surface area contributed by atoms with Gasteiger partial charge < -0.3 is 14.8 Å². The van der Waals surface area contributed by atoms with Gasteiger partial charge in [-0.15, -0.1) is 11.3 Å². The highest BCUT2D eigenvalue weighted by Gasteiger charge is 2.32. The van der Waals surface area contributed by atoms with Gasteiger partial charge >= 0.3 is 0 Å². The number of ether oxygens (including phenoxy) is 2. The van der Waals surface area contributed by atoms with Gasteiger partial charge in [0.05, 0.1) is 18.6 Å². The van der Waals surface area contributed by atoms with Crippen LogP contribution in [0.5, 0.6) is 5.88 Å². The second-order valence-electron chi connectivity index (χ2n) is 8.26. The SMILES string of the molecule is O=CNC[C@H]1CCc2sc3ncnc(O[C@H]4CC[C@H](N5CCOCC5)CC4)c3c21. The van der Waals surface area contributed by atoms with Crippen LogP contribution in [-0.4, -0.2) is 66.3 Å². The normalized spacial score (nSPS) is 27.7. The number of aryl methyl sites for hydroxylation is 1. The van der Waals surface area contributed by atoms with E-state index in [1.165, 1.54) is 23.3 Å². The van der Waals surface area contributed by atoms with Gasteiger partial charge in [-0.05, 0) is 44.1 Å². The third-order valence-electron chi connectivity index (χ3n) is 6.63. The van der Waals surface area contributed by atoms with Crippen LogP contribution in [0.25, 0.3) is 10.2 Å². The van der Waals surface area contributed by atoms with E-state index in [1.807, 2.05) is 0 Å². The van der Waals surface area contributed by atoms with Crippen molar-refractivity contribution in [2.24, 2.45) is 0 Å². The third-order valence-corrected chi connectivity index (χ3v) is 7.80. The molecule has 0 unspecified atom stereocenters. The number of fused-ring (bicyclic) bond motifs is 3. The van der Waals surface area contributed by atoms with E-state index in [9.17, 15) is 4.79 Å². The van der Waals surface area contributed by atoms with Crippen LogP contribution in [0.2, 0.25) is 0 Å². The average Bonchev–Trinajstić information content (AvgIpc) is 3.33. The minimum atomic E-state index is 0.217. The maximum absolute atomic E-state index is 10.8. The Morgan fingerprint density at radius 1 is 1.21 bits per heavy atom. The summed E-state index contributed by atoms with van der Waals surface area (Å²) in [6.45, 7) is 4.50. The van der Waals surface area contributed by atoms with E-state index in [-0.39, 0.29) is 6.10 Å². The first kappa shape index (κ1) is 19.2. The van der Waals surface area contributed by atoms with Crippen molar-refractivity contribution in [3.05, 3.63) is 16.8 Å². The number of hydrogen-bond donors (Lipinski definition) is 1. The highest BCUT2D eigenvalue weighted by atomic mass is 32.1. The molecular weight excluding hydrogens is 388 g/mol. The second-order valence-corrected chi connectivity index (χ2v) is 9.34. The van der Waals surface area contributed by atoms with Gasteiger partial charge in [0.15, 0.2) is 0 Å². The smallest absolute Gasteiger partial charge is 0.225 e. The molecule has 7 nitrogen and oxygen atoms in total. The Morgan fingerprint density at radius 3 is 2.83 bits per heavy atom. The van der Waals surface area contributed by atoms with Crippen LogP contribution in [0.15, 0.2) is 6.33 Å². The number of morpholine rings is 1. The summed E-state index contributed by atoms with van der Waals surface area (Å²) in [6.07, 6.45) is 9.22. The predicted octanol–water partition coefficient (Wildman–Crippen LogP) is 2.49. The molecule has 3 heterocycles. The van der Waals surface area contributed by atoms with Crippen LogP contribution in [0, 0.1) is 0 Å². The fourth-order valence-electron chi connectivity index (χ4n) is 5.15. The predicted molar refractivity (Wildman–Crippen MR) is 112 cm³/mol. The van der Waals surface area contributed by atoms with E-state index in [2.05, 4.69) is 20.2 Å². The summed E-state index contributed by atoms with van der Waals surface area (Å²) >= 11 is 1.75. The molecule has 3 aliphatic rings. The monoisotopic (exact) mass is 416 g/mol. The zero-order chi connectivity index (χ0) is 19.6. The zero-order valence-electron chi connectivity index (χ0n) is 16.6. The van der Waals surface area contributed by atoms with Gasteiger partial charge in [-0.1, -0.05) is 0 Å². The number of nitrogens with zero attached hydrogens (tertiary/aromatic N) is 3. The Labute approximate surface area is 174 Å². The highest BCUT2D eigenvalue weighted by molar-refractivity contribution is 7.19. The molecule has 1 aliphatic heterocycles. The first-order valence-corrected chi connectivity index (χ1v) is 11.6. The fourth-order valence-corrected chi connectivity index (χ4v) is 6.38. The Kier molecular flexibility index (Phi) is 5.65. The summed E-state index contributed by atoms with van der Waals surface area (Å²) in [4.78, 5) is 24.8. The van der Waals surface area contributed by atoms with Crippen molar-refractivity contribution in [1.82, 2.24) is 20.2 Å².